The summed E-state index contributed by atoms with van der Waals surface area (Å²) in [5.41, 5.74) is 1.48. The number of nitrogens with one attached hydrogen (secondary N) is 2. The van der Waals surface area contributed by atoms with Gasteiger partial charge >= 0.3 is 0 Å². The number of hydrogen-bond acceptors (Lipinski definition) is 6. The van der Waals surface area contributed by atoms with Crippen molar-refractivity contribution in [3.8, 4) is 5.75 Å². The van der Waals surface area contributed by atoms with Gasteiger partial charge in [-0.25, -0.2) is 0 Å². The van der Waals surface area contributed by atoms with Crippen LogP contribution in [0.2, 0.25) is 0 Å². The van der Waals surface area contributed by atoms with Crippen LogP contribution >= 0.6 is 31.4 Å². The van der Waals surface area contributed by atoms with Crippen molar-refractivity contribution >= 4 is 52.6 Å². The molecule has 2 aromatic carbocycles. The van der Waals surface area contributed by atoms with Gasteiger partial charge in [0, 0.05) is 30.2 Å². The summed E-state index contributed by atoms with van der Waals surface area (Å²) in [6.07, 6.45) is 0. The Balaban J connectivity index is 0.000000658. The van der Waals surface area contributed by atoms with E-state index in [0.717, 1.165) is 22.3 Å². The first-order valence-electron chi connectivity index (χ1n) is 8.94. The second kappa shape index (κ2) is 15.2. The van der Waals surface area contributed by atoms with Crippen LogP contribution in [0.5, 0.6) is 5.75 Å². The summed E-state index contributed by atoms with van der Waals surface area (Å²) in [4.78, 5) is 9.60. The number of carbonyl (C=O) groups excluding carboxylic acids is 1. The minimum Gasteiger partial charge on any atom is -0.472 e. The predicted octanol–water partition coefficient (Wildman–Crippen LogP) is 4.74. The molecule has 2 rings (SSSR count). The number of aliphatic hydroxyl groups excluding tert-OH is 1. The Morgan fingerprint density at radius 1 is 1.24 bits per heavy atom. The average Bonchev–Trinajstić information content (AvgIpc) is 2.67. The van der Waals surface area contributed by atoms with Crippen molar-refractivity contribution in [1.29, 1.82) is 5.41 Å². The summed E-state index contributed by atoms with van der Waals surface area (Å²) >= 11 is 2.00. The summed E-state index contributed by atoms with van der Waals surface area (Å²) < 4.78 is 10.8. The summed E-state index contributed by atoms with van der Waals surface area (Å²) in [6.45, 7) is 7.85. The van der Waals surface area contributed by atoms with Crippen molar-refractivity contribution in [2.45, 2.75) is 33.3 Å². The van der Waals surface area contributed by atoms with E-state index in [1.54, 1.807) is 6.92 Å². The third-order valence-electron chi connectivity index (χ3n) is 2.96. The predicted molar refractivity (Wildman–Crippen MR) is 132 cm³/mol. The van der Waals surface area contributed by atoms with Crippen molar-refractivity contribution in [3.05, 3.63) is 54.1 Å². The zero-order valence-corrected chi connectivity index (χ0v) is 20.6. The monoisotopic (exact) mass is 532 g/mol. The molecular formula is C21H30IN2O4P. The topological polar surface area (TPSA) is 91.6 Å². The van der Waals surface area contributed by atoms with Crippen LogP contribution in [0.3, 0.4) is 0 Å². The second-order valence-corrected chi connectivity index (χ2v) is 8.55. The molecule has 29 heavy (non-hydrogen) atoms. The number of aliphatic hydroxyl groups is 1. The van der Waals surface area contributed by atoms with Crippen molar-refractivity contribution in [2.24, 2.45) is 0 Å². The highest BCUT2D eigenvalue weighted by Crippen LogP contribution is 2.27. The third-order valence-corrected chi connectivity index (χ3v) is 4.45. The van der Waals surface area contributed by atoms with Crippen LogP contribution in [-0.4, -0.2) is 34.6 Å². The molecule has 6 nitrogen and oxygen atoms in total. The normalized spacial score (nSPS) is 10.2. The zero-order valence-electron chi connectivity index (χ0n) is 17.5. The zero-order chi connectivity index (χ0) is 22.3. The lowest BCUT2D eigenvalue weighted by Crippen LogP contribution is -2.17. The molecule has 0 radical (unpaired) electrons. The molecule has 0 saturated carbocycles. The highest BCUT2D eigenvalue weighted by atomic mass is 127. The smallest absolute Gasteiger partial charge is 0.293 e. The maximum Gasteiger partial charge on any atom is 0.293 e. The molecule has 2 aromatic rings. The molecule has 0 bridgehead atoms. The van der Waals surface area contributed by atoms with Crippen LogP contribution < -0.4 is 15.1 Å². The first kappa shape index (κ1) is 27.3. The van der Waals surface area contributed by atoms with E-state index in [2.05, 4.69) is 10.1 Å². The first-order valence-corrected chi connectivity index (χ1v) is 10.9. The maximum atomic E-state index is 9.60. The van der Waals surface area contributed by atoms with Gasteiger partial charge in [0.15, 0.2) is 0 Å². The molecule has 1 atom stereocenters. The molecule has 3 N–H and O–H groups in total. The highest BCUT2D eigenvalue weighted by Gasteiger charge is 2.08. The molecule has 0 aromatic heterocycles. The summed E-state index contributed by atoms with van der Waals surface area (Å²) in [5, 5.41) is 19.6. The third kappa shape index (κ3) is 13.2. The van der Waals surface area contributed by atoms with Gasteiger partial charge in [0.2, 0.25) is 0 Å². The fourth-order valence-corrected chi connectivity index (χ4v) is 2.89. The van der Waals surface area contributed by atoms with Crippen LogP contribution in [0.4, 0.5) is 5.69 Å². The molecule has 0 saturated heterocycles. The summed E-state index contributed by atoms with van der Waals surface area (Å²) in [7, 11) is 2.13. The van der Waals surface area contributed by atoms with E-state index in [4.69, 9.17) is 15.0 Å². The minimum absolute atomic E-state index is 0.250. The molecular weight excluding hydrogens is 502 g/mol. The van der Waals surface area contributed by atoms with Gasteiger partial charge in [-0.1, -0.05) is 30.3 Å². The Bertz CT molecular complexity index is 737. The van der Waals surface area contributed by atoms with Gasteiger partial charge in [-0.15, -0.1) is 0 Å². The number of benzene rings is 2. The molecule has 0 aliphatic rings. The lowest BCUT2D eigenvalue weighted by atomic mass is 10.2. The van der Waals surface area contributed by atoms with Crippen LogP contribution in [0.15, 0.2) is 48.5 Å². The van der Waals surface area contributed by atoms with E-state index in [1.165, 1.54) is 0 Å². The lowest BCUT2D eigenvalue weighted by molar-refractivity contribution is -0.138. The minimum atomic E-state index is -0.318. The van der Waals surface area contributed by atoms with Crippen LogP contribution in [-0.2, 0) is 9.53 Å². The molecule has 0 amide bonds. The van der Waals surface area contributed by atoms with E-state index in [-0.39, 0.29) is 21.0 Å². The largest absolute Gasteiger partial charge is 0.472 e. The summed E-state index contributed by atoms with van der Waals surface area (Å²) in [6, 6.07) is 15.8. The molecule has 0 aliphatic carbocycles. The average molecular weight is 532 g/mol. The molecule has 0 spiro atoms. The number of halogens is 1. The van der Waals surface area contributed by atoms with Gasteiger partial charge in [0.25, 0.3) is 6.47 Å². The van der Waals surface area contributed by atoms with Crippen LogP contribution in [0, 0.1) is 5.41 Å². The summed E-state index contributed by atoms with van der Waals surface area (Å²) in [5.74, 6) is 0.789. The van der Waals surface area contributed by atoms with Crippen LogP contribution in [0.25, 0.3) is 0 Å². The molecule has 0 aliphatic heterocycles. The Morgan fingerprint density at radius 3 is 2.24 bits per heavy atom. The van der Waals surface area contributed by atoms with E-state index >= 15 is 0 Å². The molecule has 8 heteroatoms. The molecule has 160 valence electrons. The van der Waals surface area contributed by atoms with Gasteiger partial charge in [0.1, 0.15) is 23.9 Å². The van der Waals surface area contributed by atoms with Crippen molar-refractivity contribution in [3.63, 3.8) is 0 Å². The fourth-order valence-electron chi connectivity index (χ4n) is 1.75. The Hall–Kier alpha value is -1.70. The number of ether oxygens (including phenoxy) is 1. The van der Waals surface area contributed by atoms with Gasteiger partial charge in [-0.2, -0.15) is 0 Å². The Kier molecular flexibility index (Phi) is 14.3. The van der Waals surface area contributed by atoms with Crippen molar-refractivity contribution < 1.29 is 19.2 Å². The Morgan fingerprint density at radius 2 is 1.83 bits per heavy atom. The van der Waals surface area contributed by atoms with E-state index < -0.39 is 0 Å². The fraction of sp³-hybridized carbons (Fsp3) is 0.333. The Labute approximate surface area is 188 Å². The van der Waals surface area contributed by atoms with E-state index in [9.17, 15) is 4.79 Å². The second-order valence-electron chi connectivity index (χ2n) is 6.48. The maximum absolute atomic E-state index is 9.60. The van der Waals surface area contributed by atoms with Gasteiger partial charge in [-0.3, -0.25) is 10.2 Å². The molecule has 0 heterocycles. The van der Waals surface area contributed by atoms with Crippen LogP contribution in [0.1, 0.15) is 33.3 Å². The number of hydrogen-bond donors (Lipinski definition) is 3. The quantitative estimate of drug-likeness (QED) is 0.216. The number of carbonyl (C=O) groups is 1. The van der Waals surface area contributed by atoms with E-state index in [1.807, 2.05) is 98.9 Å². The van der Waals surface area contributed by atoms with Gasteiger partial charge in [0.05, 0.1) is 0 Å². The van der Waals surface area contributed by atoms with Crippen molar-refractivity contribution in [2.75, 3.05) is 19.0 Å². The molecule has 1 unspecified atom stereocenters. The highest BCUT2D eigenvalue weighted by molar-refractivity contribution is 14.1. The first-order chi connectivity index (χ1) is 13.7. The van der Waals surface area contributed by atoms with Gasteiger partial charge < -0.3 is 19.7 Å². The van der Waals surface area contributed by atoms with Gasteiger partial charge in [-0.05, 0) is 68.5 Å². The van der Waals surface area contributed by atoms with Crippen molar-refractivity contribution in [1.82, 2.24) is 0 Å². The number of rotatable bonds is 6. The van der Waals surface area contributed by atoms with E-state index in [0.29, 0.717) is 10.2 Å². The lowest BCUT2D eigenvalue weighted by Gasteiger charge is -2.14. The standard InChI is InChI=1S/C14H14IN2OP.C5H10O2.C2H6O/c1-17-13-8-7-10(9-12(13)14(15)16)18-19-11-5-3-2-4-6-11;1-5(2,3)7-4-6;1-2-3/h2-9,16-17,19H,1H3;4H,1-3H3;3H,2H2,1H3. The number of anilines is 1. The SMILES string of the molecule is CC(C)(C)OC=O.CCO.CNc1ccc(OPc2ccccc2)cc1C(=N)I. The molecule has 0 fully saturated rings.